The molecule has 4 heteroatoms. The number of anilines is 1. The molecule has 0 N–H and O–H groups in total. The normalized spacial score (nSPS) is 14.8. The zero-order valence-electron chi connectivity index (χ0n) is 9.81. The van der Waals surface area contributed by atoms with Gasteiger partial charge >= 0.3 is 0 Å². The van der Waals surface area contributed by atoms with Crippen molar-refractivity contribution in [1.29, 1.82) is 0 Å². The highest BCUT2D eigenvalue weighted by molar-refractivity contribution is 5.91. The van der Waals surface area contributed by atoms with E-state index in [4.69, 9.17) is 4.74 Å². The van der Waals surface area contributed by atoms with Crippen LogP contribution >= 0.6 is 0 Å². The minimum Gasteiger partial charge on any atom is -0.496 e. The minimum atomic E-state index is 0.414. The van der Waals surface area contributed by atoms with Crippen LogP contribution in [0.4, 0.5) is 5.69 Å². The lowest BCUT2D eigenvalue weighted by molar-refractivity contribution is 0.112. The summed E-state index contributed by atoms with van der Waals surface area (Å²) in [5, 5.41) is 0. The van der Waals surface area contributed by atoms with Crippen molar-refractivity contribution in [2.24, 2.45) is 0 Å². The summed E-state index contributed by atoms with van der Waals surface area (Å²) in [7, 11) is 1.52. The number of rotatable bonds is 4. The van der Waals surface area contributed by atoms with E-state index in [2.05, 4.69) is 4.90 Å². The quantitative estimate of drug-likeness (QED) is 0.745. The zero-order valence-corrected chi connectivity index (χ0v) is 9.81. The molecule has 0 saturated carbocycles. The van der Waals surface area contributed by atoms with Crippen molar-refractivity contribution in [3.8, 4) is 5.75 Å². The van der Waals surface area contributed by atoms with Gasteiger partial charge in [0.05, 0.1) is 18.4 Å². The highest BCUT2D eigenvalue weighted by Crippen LogP contribution is 2.30. The largest absolute Gasteiger partial charge is 0.496 e. The van der Waals surface area contributed by atoms with Crippen LogP contribution in [-0.2, 0) is 0 Å². The van der Waals surface area contributed by atoms with Gasteiger partial charge in [-0.1, -0.05) is 0 Å². The average Bonchev–Trinajstić information content (AvgIpc) is 2.90. The molecule has 4 nitrogen and oxygen atoms in total. The van der Waals surface area contributed by atoms with Crippen molar-refractivity contribution in [2.45, 2.75) is 12.8 Å². The predicted octanol–water partition coefficient (Wildman–Crippen LogP) is 1.92. The van der Waals surface area contributed by atoms with Crippen LogP contribution in [0.2, 0.25) is 0 Å². The fraction of sp³-hybridized carbons (Fsp3) is 0.385. The molecule has 0 atom stereocenters. The first-order valence-corrected chi connectivity index (χ1v) is 5.67. The van der Waals surface area contributed by atoms with Crippen LogP contribution in [0.15, 0.2) is 12.1 Å². The van der Waals surface area contributed by atoms with Crippen LogP contribution in [0.1, 0.15) is 33.6 Å². The van der Waals surface area contributed by atoms with Gasteiger partial charge in [-0.3, -0.25) is 9.59 Å². The number of hydrogen-bond acceptors (Lipinski definition) is 4. The summed E-state index contributed by atoms with van der Waals surface area (Å²) in [6, 6.07) is 3.37. The highest BCUT2D eigenvalue weighted by atomic mass is 16.5. The molecule has 0 amide bonds. The SMILES string of the molecule is COc1cc(N2CCCC2)c(C=O)cc1C=O. The third-order valence-corrected chi connectivity index (χ3v) is 3.08. The minimum absolute atomic E-state index is 0.414. The van der Waals surface area contributed by atoms with Gasteiger partial charge in [0, 0.05) is 24.7 Å². The summed E-state index contributed by atoms with van der Waals surface area (Å²) in [6.07, 6.45) is 3.77. The molecule has 1 fully saturated rings. The second kappa shape index (κ2) is 4.99. The van der Waals surface area contributed by atoms with Gasteiger partial charge in [0.1, 0.15) is 5.75 Å². The van der Waals surface area contributed by atoms with E-state index in [0.717, 1.165) is 37.9 Å². The van der Waals surface area contributed by atoms with Gasteiger partial charge in [0.15, 0.2) is 12.6 Å². The number of hydrogen-bond donors (Lipinski definition) is 0. The smallest absolute Gasteiger partial charge is 0.153 e. The Morgan fingerprint density at radius 1 is 1.12 bits per heavy atom. The fourth-order valence-corrected chi connectivity index (χ4v) is 2.20. The van der Waals surface area contributed by atoms with Gasteiger partial charge in [0.25, 0.3) is 0 Å². The third-order valence-electron chi connectivity index (χ3n) is 3.08. The molecule has 0 aromatic heterocycles. The van der Waals surface area contributed by atoms with Crippen LogP contribution < -0.4 is 9.64 Å². The number of carbonyl (C=O) groups is 2. The average molecular weight is 233 g/mol. The van der Waals surface area contributed by atoms with E-state index < -0.39 is 0 Å². The lowest BCUT2D eigenvalue weighted by atomic mass is 10.1. The van der Waals surface area contributed by atoms with E-state index >= 15 is 0 Å². The zero-order chi connectivity index (χ0) is 12.3. The molecule has 0 unspecified atom stereocenters. The fourth-order valence-electron chi connectivity index (χ4n) is 2.20. The Morgan fingerprint density at radius 3 is 2.29 bits per heavy atom. The number of carbonyl (C=O) groups excluding carboxylic acids is 2. The van der Waals surface area contributed by atoms with Crippen molar-refractivity contribution >= 4 is 18.3 Å². The van der Waals surface area contributed by atoms with Crippen molar-refractivity contribution in [3.05, 3.63) is 23.3 Å². The lowest BCUT2D eigenvalue weighted by Gasteiger charge is -2.20. The van der Waals surface area contributed by atoms with Crippen molar-refractivity contribution < 1.29 is 14.3 Å². The van der Waals surface area contributed by atoms with Crippen LogP contribution in [0.25, 0.3) is 0 Å². The number of ether oxygens (including phenoxy) is 1. The highest BCUT2D eigenvalue weighted by Gasteiger charge is 2.18. The summed E-state index contributed by atoms with van der Waals surface area (Å²) in [5.74, 6) is 0.521. The Labute approximate surface area is 100 Å². The lowest BCUT2D eigenvalue weighted by Crippen LogP contribution is -2.19. The Hall–Kier alpha value is -1.84. The molecule has 1 aromatic carbocycles. The molecule has 0 aliphatic carbocycles. The maximum atomic E-state index is 11.1. The molecule has 1 aliphatic heterocycles. The van der Waals surface area contributed by atoms with E-state index in [1.807, 2.05) is 0 Å². The second-order valence-electron chi connectivity index (χ2n) is 4.08. The molecule has 1 heterocycles. The monoisotopic (exact) mass is 233 g/mol. The van der Waals surface area contributed by atoms with E-state index in [9.17, 15) is 9.59 Å². The maximum Gasteiger partial charge on any atom is 0.153 e. The van der Waals surface area contributed by atoms with Gasteiger partial charge < -0.3 is 9.64 Å². The van der Waals surface area contributed by atoms with Gasteiger partial charge in [-0.15, -0.1) is 0 Å². The van der Waals surface area contributed by atoms with Crippen molar-refractivity contribution in [2.75, 3.05) is 25.1 Å². The Bertz CT molecular complexity index is 437. The molecule has 1 saturated heterocycles. The number of methoxy groups -OCH3 is 1. The van der Waals surface area contributed by atoms with Crippen LogP contribution in [0.5, 0.6) is 5.75 Å². The topological polar surface area (TPSA) is 46.6 Å². The molecule has 90 valence electrons. The maximum absolute atomic E-state index is 11.1. The first-order valence-electron chi connectivity index (χ1n) is 5.67. The van der Waals surface area contributed by atoms with Gasteiger partial charge in [-0.05, 0) is 18.9 Å². The van der Waals surface area contributed by atoms with Gasteiger partial charge in [-0.25, -0.2) is 0 Å². The van der Waals surface area contributed by atoms with E-state index in [1.165, 1.54) is 7.11 Å². The first kappa shape index (κ1) is 11.6. The van der Waals surface area contributed by atoms with Gasteiger partial charge in [-0.2, -0.15) is 0 Å². The Balaban J connectivity index is 2.48. The number of nitrogens with zero attached hydrogens (tertiary/aromatic N) is 1. The number of benzene rings is 1. The third kappa shape index (κ3) is 2.16. The summed E-state index contributed by atoms with van der Waals surface area (Å²) in [5.41, 5.74) is 1.83. The van der Waals surface area contributed by atoms with E-state index in [-0.39, 0.29) is 0 Å². The van der Waals surface area contributed by atoms with E-state index in [1.54, 1.807) is 12.1 Å². The molecule has 0 radical (unpaired) electrons. The Morgan fingerprint density at radius 2 is 1.76 bits per heavy atom. The predicted molar refractivity (Wildman–Crippen MR) is 65.2 cm³/mol. The molecular formula is C13H15NO3. The molecule has 17 heavy (non-hydrogen) atoms. The summed E-state index contributed by atoms with van der Waals surface area (Å²) in [4.78, 5) is 24.1. The van der Waals surface area contributed by atoms with Crippen LogP contribution in [-0.4, -0.2) is 32.8 Å². The Kier molecular flexibility index (Phi) is 3.42. The molecule has 1 aliphatic rings. The molecule has 2 rings (SSSR count). The summed E-state index contributed by atoms with van der Waals surface area (Å²) >= 11 is 0. The summed E-state index contributed by atoms with van der Waals surface area (Å²) < 4.78 is 5.16. The second-order valence-corrected chi connectivity index (χ2v) is 4.08. The van der Waals surface area contributed by atoms with Crippen molar-refractivity contribution in [3.63, 3.8) is 0 Å². The van der Waals surface area contributed by atoms with Crippen molar-refractivity contribution in [1.82, 2.24) is 0 Å². The molecular weight excluding hydrogens is 218 g/mol. The number of aldehydes is 2. The molecule has 0 bridgehead atoms. The van der Waals surface area contributed by atoms with Crippen LogP contribution in [0.3, 0.4) is 0 Å². The molecule has 1 aromatic rings. The van der Waals surface area contributed by atoms with E-state index in [0.29, 0.717) is 23.2 Å². The standard InChI is InChI=1S/C13H15NO3/c1-17-13-7-12(14-4-2-3-5-14)10(8-15)6-11(13)9-16/h6-9H,2-5H2,1H3. The van der Waals surface area contributed by atoms with Crippen LogP contribution in [0, 0.1) is 0 Å². The first-order chi connectivity index (χ1) is 8.30. The van der Waals surface area contributed by atoms with Gasteiger partial charge in [0.2, 0.25) is 0 Å². The summed E-state index contributed by atoms with van der Waals surface area (Å²) in [6.45, 7) is 1.90. The molecule has 0 spiro atoms.